The molecular formula is C9H15NO2. The van der Waals surface area contributed by atoms with Crippen LogP contribution in [0, 0.1) is 0 Å². The maximum atomic E-state index is 11.2. The number of amides is 1. The van der Waals surface area contributed by atoms with Crippen molar-refractivity contribution in [1.82, 2.24) is 4.90 Å². The van der Waals surface area contributed by atoms with Crippen LogP contribution in [0.5, 0.6) is 0 Å². The van der Waals surface area contributed by atoms with E-state index in [9.17, 15) is 4.79 Å². The molecule has 0 N–H and O–H groups in total. The molecule has 0 aromatic carbocycles. The van der Waals surface area contributed by atoms with E-state index in [4.69, 9.17) is 4.74 Å². The van der Waals surface area contributed by atoms with Crippen LogP contribution in [-0.2, 0) is 9.53 Å². The molecule has 1 atom stereocenters. The van der Waals surface area contributed by atoms with E-state index < -0.39 is 0 Å². The summed E-state index contributed by atoms with van der Waals surface area (Å²) in [5.74, 6) is 0.328. The average Bonchev–Trinajstić information content (AvgIpc) is 2.05. The molecule has 2 fully saturated rings. The fourth-order valence-electron chi connectivity index (χ4n) is 2.12. The van der Waals surface area contributed by atoms with Crippen LogP contribution >= 0.6 is 0 Å². The molecule has 3 nitrogen and oxygen atoms in total. The van der Waals surface area contributed by atoms with Gasteiger partial charge < -0.3 is 9.64 Å². The van der Waals surface area contributed by atoms with Gasteiger partial charge in [-0.3, -0.25) is 4.79 Å². The number of carbonyl (C=O) groups excluding carboxylic acids is 1. The van der Waals surface area contributed by atoms with Crippen LogP contribution in [0.4, 0.5) is 0 Å². The van der Waals surface area contributed by atoms with Gasteiger partial charge in [-0.25, -0.2) is 0 Å². The fourth-order valence-corrected chi connectivity index (χ4v) is 2.12. The van der Waals surface area contributed by atoms with Crippen LogP contribution < -0.4 is 0 Å². The molecule has 1 amide bonds. The number of hydrogen-bond donors (Lipinski definition) is 0. The van der Waals surface area contributed by atoms with Gasteiger partial charge in [-0.05, 0) is 19.8 Å². The second-order valence-electron chi connectivity index (χ2n) is 3.70. The number of rotatable bonds is 1. The highest BCUT2D eigenvalue weighted by atomic mass is 16.5. The van der Waals surface area contributed by atoms with E-state index in [0.717, 1.165) is 32.5 Å². The zero-order valence-corrected chi connectivity index (χ0v) is 7.45. The topological polar surface area (TPSA) is 29.5 Å². The van der Waals surface area contributed by atoms with Crippen molar-refractivity contribution in [3.63, 3.8) is 0 Å². The van der Waals surface area contributed by atoms with Crippen LogP contribution in [0.15, 0.2) is 0 Å². The van der Waals surface area contributed by atoms with Gasteiger partial charge in [0.25, 0.3) is 0 Å². The van der Waals surface area contributed by atoms with Crippen LogP contribution in [0.1, 0.15) is 26.2 Å². The van der Waals surface area contributed by atoms with Crippen LogP contribution in [0.25, 0.3) is 0 Å². The van der Waals surface area contributed by atoms with E-state index in [1.165, 1.54) is 0 Å². The summed E-state index contributed by atoms with van der Waals surface area (Å²) in [4.78, 5) is 13.3. The lowest BCUT2D eigenvalue weighted by Gasteiger charge is -2.45. The van der Waals surface area contributed by atoms with E-state index in [1.54, 1.807) is 0 Å². The first-order valence-corrected chi connectivity index (χ1v) is 4.68. The SMILES string of the molecule is CC1CC(=O)N1C1CCOCC1. The maximum absolute atomic E-state index is 11.2. The first kappa shape index (κ1) is 8.05. The largest absolute Gasteiger partial charge is 0.381 e. The average molecular weight is 169 g/mol. The summed E-state index contributed by atoms with van der Waals surface area (Å²) in [5, 5.41) is 0. The van der Waals surface area contributed by atoms with E-state index in [0.29, 0.717) is 18.0 Å². The smallest absolute Gasteiger partial charge is 0.225 e. The number of hydrogen-bond acceptors (Lipinski definition) is 2. The third kappa shape index (κ3) is 1.22. The molecule has 0 spiro atoms. The third-order valence-electron chi connectivity index (χ3n) is 2.82. The minimum absolute atomic E-state index is 0.328. The summed E-state index contributed by atoms with van der Waals surface area (Å²) in [6, 6.07) is 0.940. The summed E-state index contributed by atoms with van der Waals surface area (Å²) in [6.45, 7) is 3.76. The van der Waals surface area contributed by atoms with Crippen molar-refractivity contribution in [2.45, 2.75) is 38.3 Å². The molecule has 0 radical (unpaired) electrons. The van der Waals surface area contributed by atoms with Crippen LogP contribution in [0.3, 0.4) is 0 Å². The number of ether oxygens (including phenoxy) is 1. The molecule has 2 saturated heterocycles. The molecule has 2 heterocycles. The number of likely N-dealkylation sites (tertiary alicyclic amines) is 1. The Bertz CT molecular complexity index is 187. The molecule has 0 aliphatic carbocycles. The molecule has 1 unspecified atom stereocenters. The predicted molar refractivity (Wildman–Crippen MR) is 44.8 cm³/mol. The maximum Gasteiger partial charge on any atom is 0.225 e. The molecule has 0 bridgehead atoms. The minimum Gasteiger partial charge on any atom is -0.381 e. The van der Waals surface area contributed by atoms with E-state index in [-0.39, 0.29) is 0 Å². The minimum atomic E-state index is 0.328. The van der Waals surface area contributed by atoms with Gasteiger partial charge in [0, 0.05) is 31.7 Å². The van der Waals surface area contributed by atoms with E-state index in [2.05, 4.69) is 6.92 Å². The van der Waals surface area contributed by atoms with Crippen molar-refractivity contribution in [1.29, 1.82) is 0 Å². The van der Waals surface area contributed by atoms with Crippen molar-refractivity contribution < 1.29 is 9.53 Å². The molecule has 2 aliphatic rings. The van der Waals surface area contributed by atoms with E-state index >= 15 is 0 Å². The number of carbonyl (C=O) groups is 1. The van der Waals surface area contributed by atoms with Crippen LogP contribution in [0.2, 0.25) is 0 Å². The van der Waals surface area contributed by atoms with Gasteiger partial charge in [-0.15, -0.1) is 0 Å². The highest BCUT2D eigenvalue weighted by molar-refractivity contribution is 5.83. The van der Waals surface area contributed by atoms with Crippen molar-refractivity contribution in [3.8, 4) is 0 Å². The Kier molecular flexibility index (Phi) is 2.05. The highest BCUT2D eigenvalue weighted by Gasteiger charge is 2.37. The Hall–Kier alpha value is -0.570. The van der Waals surface area contributed by atoms with Gasteiger partial charge in [0.2, 0.25) is 5.91 Å². The Morgan fingerprint density at radius 2 is 2.08 bits per heavy atom. The zero-order chi connectivity index (χ0) is 8.55. The highest BCUT2D eigenvalue weighted by Crippen LogP contribution is 2.26. The Morgan fingerprint density at radius 3 is 2.58 bits per heavy atom. The van der Waals surface area contributed by atoms with Gasteiger partial charge in [0.05, 0.1) is 0 Å². The first-order valence-electron chi connectivity index (χ1n) is 4.68. The number of β-lactam (4-membered cyclic amide) rings is 1. The first-order chi connectivity index (χ1) is 5.79. The Morgan fingerprint density at radius 1 is 1.42 bits per heavy atom. The molecular weight excluding hydrogens is 154 g/mol. The molecule has 68 valence electrons. The lowest BCUT2D eigenvalue weighted by Crippen LogP contribution is -2.57. The lowest BCUT2D eigenvalue weighted by atomic mass is 9.96. The van der Waals surface area contributed by atoms with Crippen molar-refractivity contribution in [2.75, 3.05) is 13.2 Å². The molecule has 3 heteroatoms. The lowest BCUT2D eigenvalue weighted by molar-refractivity contribution is -0.151. The summed E-state index contributed by atoms with van der Waals surface area (Å²) in [7, 11) is 0. The normalized spacial score (nSPS) is 31.9. The third-order valence-corrected chi connectivity index (χ3v) is 2.82. The van der Waals surface area contributed by atoms with Gasteiger partial charge in [-0.1, -0.05) is 0 Å². The van der Waals surface area contributed by atoms with Crippen molar-refractivity contribution in [3.05, 3.63) is 0 Å². The van der Waals surface area contributed by atoms with Gasteiger partial charge in [0.1, 0.15) is 0 Å². The van der Waals surface area contributed by atoms with Crippen molar-refractivity contribution in [2.24, 2.45) is 0 Å². The van der Waals surface area contributed by atoms with Crippen LogP contribution in [-0.4, -0.2) is 36.1 Å². The monoisotopic (exact) mass is 169 g/mol. The zero-order valence-electron chi connectivity index (χ0n) is 7.45. The summed E-state index contributed by atoms with van der Waals surface area (Å²) >= 11 is 0. The predicted octanol–water partition coefficient (Wildman–Crippen LogP) is 0.786. The number of nitrogens with zero attached hydrogens (tertiary/aromatic N) is 1. The van der Waals surface area contributed by atoms with Gasteiger partial charge >= 0.3 is 0 Å². The quantitative estimate of drug-likeness (QED) is 0.543. The van der Waals surface area contributed by atoms with Gasteiger partial charge in [-0.2, -0.15) is 0 Å². The Labute approximate surface area is 72.7 Å². The fraction of sp³-hybridized carbons (Fsp3) is 0.889. The molecule has 0 aromatic heterocycles. The summed E-state index contributed by atoms with van der Waals surface area (Å²) in [6.07, 6.45) is 2.80. The molecule has 2 rings (SSSR count). The summed E-state index contributed by atoms with van der Waals surface area (Å²) < 4.78 is 5.25. The molecule has 2 aliphatic heterocycles. The molecule has 12 heavy (non-hydrogen) atoms. The van der Waals surface area contributed by atoms with Crippen molar-refractivity contribution >= 4 is 5.91 Å². The van der Waals surface area contributed by atoms with Gasteiger partial charge in [0.15, 0.2) is 0 Å². The standard InChI is InChI=1S/C9H15NO2/c1-7-6-9(11)10(7)8-2-4-12-5-3-8/h7-8H,2-6H2,1H3. The molecule has 0 saturated carbocycles. The summed E-state index contributed by atoms with van der Waals surface area (Å²) in [5.41, 5.74) is 0. The van der Waals surface area contributed by atoms with E-state index in [1.807, 2.05) is 4.90 Å². The second-order valence-corrected chi connectivity index (χ2v) is 3.70. The molecule has 0 aromatic rings. The Balaban J connectivity index is 1.93. The second kappa shape index (κ2) is 3.05.